The van der Waals surface area contributed by atoms with Crippen LogP contribution in [0.4, 0.5) is 10.5 Å². The number of carbonyl (C=O) groups is 2. The summed E-state index contributed by atoms with van der Waals surface area (Å²) in [4.78, 5) is 25.2. The van der Waals surface area contributed by atoms with Crippen LogP contribution in [0.1, 0.15) is 42.1 Å². The van der Waals surface area contributed by atoms with Crippen LogP contribution >= 0.6 is 0 Å². The molecule has 2 amide bonds. The number of carboxylic acids is 1. The zero-order valence-corrected chi connectivity index (χ0v) is 12.1. The Morgan fingerprint density at radius 2 is 2.24 bits per heavy atom. The molecule has 1 aliphatic heterocycles. The SMILES string of the molecule is CCC1CC1NC(=O)N1CCCc2cc(C(=O)O)ccc21. The molecule has 2 aliphatic rings. The van der Waals surface area contributed by atoms with E-state index in [9.17, 15) is 9.59 Å². The molecule has 1 aromatic carbocycles. The monoisotopic (exact) mass is 288 g/mol. The van der Waals surface area contributed by atoms with Crippen molar-refractivity contribution in [2.24, 2.45) is 5.92 Å². The fourth-order valence-corrected chi connectivity index (χ4v) is 3.05. The van der Waals surface area contributed by atoms with Crippen LogP contribution in [-0.2, 0) is 6.42 Å². The largest absolute Gasteiger partial charge is 0.478 e. The summed E-state index contributed by atoms with van der Waals surface area (Å²) in [6.45, 7) is 2.83. The fraction of sp³-hybridized carbons (Fsp3) is 0.500. The number of aromatic carboxylic acids is 1. The number of nitrogens with zero attached hydrogens (tertiary/aromatic N) is 1. The van der Waals surface area contributed by atoms with Gasteiger partial charge in [-0.25, -0.2) is 9.59 Å². The van der Waals surface area contributed by atoms with Crippen molar-refractivity contribution in [3.63, 3.8) is 0 Å². The number of nitrogens with one attached hydrogen (secondary N) is 1. The van der Waals surface area contributed by atoms with Crippen molar-refractivity contribution in [1.29, 1.82) is 0 Å². The molecular weight excluding hydrogens is 268 g/mol. The quantitative estimate of drug-likeness (QED) is 0.898. The molecule has 2 N–H and O–H groups in total. The first-order chi connectivity index (χ1) is 10.1. The number of aryl methyl sites for hydroxylation is 1. The van der Waals surface area contributed by atoms with Gasteiger partial charge in [0, 0.05) is 18.3 Å². The van der Waals surface area contributed by atoms with E-state index in [4.69, 9.17) is 5.11 Å². The molecule has 1 fully saturated rings. The molecule has 0 saturated heterocycles. The highest BCUT2D eigenvalue weighted by Gasteiger charge is 2.38. The fourth-order valence-electron chi connectivity index (χ4n) is 3.05. The summed E-state index contributed by atoms with van der Waals surface area (Å²) in [6, 6.07) is 5.26. The smallest absolute Gasteiger partial charge is 0.335 e. The maximum Gasteiger partial charge on any atom is 0.335 e. The molecule has 1 aliphatic carbocycles. The van der Waals surface area contributed by atoms with Crippen molar-refractivity contribution in [1.82, 2.24) is 5.32 Å². The highest BCUT2D eigenvalue weighted by atomic mass is 16.4. The van der Waals surface area contributed by atoms with Crippen LogP contribution in [-0.4, -0.2) is 29.7 Å². The lowest BCUT2D eigenvalue weighted by atomic mass is 9.99. The molecule has 1 aromatic rings. The van der Waals surface area contributed by atoms with E-state index in [2.05, 4.69) is 12.2 Å². The Bertz CT molecular complexity index is 585. The molecule has 0 radical (unpaired) electrons. The van der Waals surface area contributed by atoms with Crippen LogP contribution in [0.2, 0.25) is 0 Å². The minimum atomic E-state index is -0.928. The van der Waals surface area contributed by atoms with Crippen molar-refractivity contribution in [3.05, 3.63) is 29.3 Å². The van der Waals surface area contributed by atoms with Crippen molar-refractivity contribution in [2.45, 2.75) is 38.6 Å². The lowest BCUT2D eigenvalue weighted by Gasteiger charge is -2.30. The van der Waals surface area contributed by atoms with Crippen molar-refractivity contribution >= 4 is 17.7 Å². The number of carbonyl (C=O) groups excluding carboxylic acids is 1. The molecule has 2 unspecified atom stereocenters. The van der Waals surface area contributed by atoms with Crippen LogP contribution < -0.4 is 10.2 Å². The maximum atomic E-state index is 12.4. The summed E-state index contributed by atoms with van der Waals surface area (Å²) in [5, 5.41) is 12.1. The Balaban J connectivity index is 1.77. The van der Waals surface area contributed by atoms with E-state index in [0.29, 0.717) is 18.5 Å². The van der Waals surface area contributed by atoms with Crippen LogP contribution in [0, 0.1) is 5.92 Å². The first-order valence-corrected chi connectivity index (χ1v) is 7.54. The Morgan fingerprint density at radius 1 is 1.43 bits per heavy atom. The highest BCUT2D eigenvalue weighted by molar-refractivity contribution is 5.95. The van der Waals surface area contributed by atoms with Gasteiger partial charge < -0.3 is 10.4 Å². The summed E-state index contributed by atoms with van der Waals surface area (Å²) in [5.74, 6) is -0.309. The maximum absolute atomic E-state index is 12.4. The van der Waals surface area contributed by atoms with E-state index in [1.165, 1.54) is 0 Å². The third-order valence-corrected chi connectivity index (χ3v) is 4.45. The number of hydrogen-bond donors (Lipinski definition) is 2. The number of hydrogen-bond acceptors (Lipinski definition) is 2. The van der Waals surface area contributed by atoms with Gasteiger partial charge in [-0.15, -0.1) is 0 Å². The van der Waals surface area contributed by atoms with E-state index < -0.39 is 5.97 Å². The summed E-state index contributed by atoms with van der Waals surface area (Å²) < 4.78 is 0. The molecule has 1 heterocycles. The summed E-state index contributed by atoms with van der Waals surface area (Å²) >= 11 is 0. The average molecular weight is 288 g/mol. The third kappa shape index (κ3) is 2.73. The highest BCUT2D eigenvalue weighted by Crippen LogP contribution is 2.34. The van der Waals surface area contributed by atoms with Gasteiger partial charge in [0.25, 0.3) is 0 Å². The summed E-state index contributed by atoms with van der Waals surface area (Å²) in [6.07, 6.45) is 3.86. The molecular formula is C16H20N2O3. The van der Waals surface area contributed by atoms with Gasteiger partial charge in [-0.05, 0) is 48.9 Å². The number of rotatable bonds is 3. The second-order valence-electron chi connectivity index (χ2n) is 5.86. The van der Waals surface area contributed by atoms with Crippen LogP contribution in [0.3, 0.4) is 0 Å². The molecule has 5 heteroatoms. The molecule has 21 heavy (non-hydrogen) atoms. The number of amides is 2. The molecule has 3 rings (SSSR count). The Morgan fingerprint density at radius 3 is 2.90 bits per heavy atom. The van der Waals surface area contributed by atoms with Crippen LogP contribution in [0.5, 0.6) is 0 Å². The van der Waals surface area contributed by atoms with E-state index in [1.807, 2.05) is 0 Å². The normalized spacial score (nSPS) is 23.4. The summed E-state index contributed by atoms with van der Waals surface area (Å²) in [5.41, 5.74) is 2.07. The van der Waals surface area contributed by atoms with Crippen molar-refractivity contribution < 1.29 is 14.7 Å². The Labute approximate surface area is 123 Å². The van der Waals surface area contributed by atoms with Gasteiger partial charge in [-0.2, -0.15) is 0 Å². The zero-order chi connectivity index (χ0) is 15.0. The standard InChI is InChI=1S/C16H20N2O3/c1-2-10-9-13(10)17-16(21)18-7-3-4-11-8-12(15(19)20)5-6-14(11)18/h5-6,8,10,13H,2-4,7,9H2,1H3,(H,17,21)(H,19,20). The number of carboxylic acid groups (broad SMARTS) is 1. The predicted octanol–water partition coefficient (Wildman–Crippen LogP) is 2.65. The molecule has 0 bridgehead atoms. The van der Waals surface area contributed by atoms with Gasteiger partial charge in [0.1, 0.15) is 0 Å². The van der Waals surface area contributed by atoms with Gasteiger partial charge in [-0.3, -0.25) is 4.90 Å². The molecule has 1 saturated carbocycles. The van der Waals surface area contributed by atoms with Gasteiger partial charge in [0.05, 0.1) is 5.56 Å². The minimum Gasteiger partial charge on any atom is -0.478 e. The minimum absolute atomic E-state index is 0.0556. The second kappa shape index (κ2) is 5.39. The first-order valence-electron chi connectivity index (χ1n) is 7.54. The van der Waals surface area contributed by atoms with Gasteiger partial charge in [-0.1, -0.05) is 13.3 Å². The molecule has 0 spiro atoms. The second-order valence-corrected chi connectivity index (χ2v) is 5.86. The first kappa shape index (κ1) is 13.9. The van der Waals surface area contributed by atoms with Crippen LogP contribution in [0.15, 0.2) is 18.2 Å². The summed E-state index contributed by atoms with van der Waals surface area (Å²) in [7, 11) is 0. The third-order valence-electron chi connectivity index (χ3n) is 4.45. The zero-order valence-electron chi connectivity index (χ0n) is 12.1. The van der Waals surface area contributed by atoms with Gasteiger partial charge in [0.15, 0.2) is 0 Å². The van der Waals surface area contributed by atoms with Crippen molar-refractivity contribution in [2.75, 3.05) is 11.4 Å². The van der Waals surface area contributed by atoms with Crippen molar-refractivity contribution in [3.8, 4) is 0 Å². The van der Waals surface area contributed by atoms with E-state index in [-0.39, 0.29) is 11.6 Å². The van der Waals surface area contributed by atoms with Crippen LogP contribution in [0.25, 0.3) is 0 Å². The number of urea groups is 1. The topological polar surface area (TPSA) is 69.6 Å². The van der Waals surface area contributed by atoms with E-state index >= 15 is 0 Å². The predicted molar refractivity (Wildman–Crippen MR) is 79.8 cm³/mol. The molecule has 5 nitrogen and oxygen atoms in total. The van der Waals surface area contributed by atoms with Gasteiger partial charge in [0.2, 0.25) is 0 Å². The Kier molecular flexibility index (Phi) is 3.57. The molecule has 112 valence electrons. The number of benzene rings is 1. The van der Waals surface area contributed by atoms with Gasteiger partial charge >= 0.3 is 12.0 Å². The Hall–Kier alpha value is -2.04. The average Bonchev–Trinajstić information content (AvgIpc) is 3.24. The number of fused-ring (bicyclic) bond motifs is 1. The van der Waals surface area contributed by atoms with E-state index in [0.717, 1.165) is 36.9 Å². The molecule has 2 atom stereocenters. The molecule has 0 aromatic heterocycles. The van der Waals surface area contributed by atoms with E-state index in [1.54, 1.807) is 23.1 Å². The lowest BCUT2D eigenvalue weighted by Crippen LogP contribution is -2.44. The number of anilines is 1. The lowest BCUT2D eigenvalue weighted by molar-refractivity contribution is 0.0696.